The molecule has 4 fully saturated rings. The van der Waals surface area contributed by atoms with Crippen molar-refractivity contribution < 1.29 is 33.6 Å². The van der Waals surface area contributed by atoms with Crippen molar-refractivity contribution in [1.29, 1.82) is 0 Å². The molecule has 0 radical (unpaired) electrons. The fourth-order valence-electron chi connectivity index (χ4n) is 5.57. The number of ether oxygens (including phenoxy) is 5. The number of carbonyl (C=O) groups is 1. The predicted octanol–water partition coefficient (Wildman–Crippen LogP) is 2.78. The quantitative estimate of drug-likeness (QED) is 0.522. The van der Waals surface area contributed by atoms with Crippen LogP contribution in [0.1, 0.15) is 59.8 Å². The lowest BCUT2D eigenvalue weighted by Crippen LogP contribution is -2.63. The van der Waals surface area contributed by atoms with Crippen molar-refractivity contribution in [3.8, 4) is 0 Å². The first kappa shape index (κ1) is 23.3. The molecule has 4 heterocycles. The third kappa shape index (κ3) is 4.92. The van der Waals surface area contributed by atoms with Crippen LogP contribution >= 0.6 is 0 Å². The van der Waals surface area contributed by atoms with Crippen LogP contribution in [-0.2, 0) is 28.5 Å². The van der Waals surface area contributed by atoms with Crippen LogP contribution in [0.25, 0.3) is 0 Å². The molecule has 4 aliphatic heterocycles. The molecule has 0 aromatic carbocycles. The Bertz CT molecular complexity index is 664. The van der Waals surface area contributed by atoms with E-state index < -0.39 is 11.9 Å². The van der Waals surface area contributed by atoms with Crippen LogP contribution < -0.4 is 0 Å². The highest BCUT2D eigenvalue weighted by Gasteiger charge is 2.52. The monoisotopic (exact) mass is 438 g/mol. The molecule has 0 aromatic heterocycles. The maximum Gasteiger partial charge on any atom is 0.163 e. The maximum absolute atomic E-state index is 11.0. The molecule has 31 heavy (non-hydrogen) atoms. The van der Waals surface area contributed by atoms with E-state index in [0.29, 0.717) is 25.4 Å². The van der Waals surface area contributed by atoms with E-state index in [0.717, 1.165) is 31.1 Å². The first-order valence-corrected chi connectivity index (χ1v) is 11.8. The first-order chi connectivity index (χ1) is 14.7. The lowest BCUT2D eigenvalue weighted by Gasteiger charge is -2.53. The number of rotatable bonds is 5. The van der Waals surface area contributed by atoms with Crippen molar-refractivity contribution in [2.75, 3.05) is 6.61 Å². The summed E-state index contributed by atoms with van der Waals surface area (Å²) in [5.74, 6) is -0.380. The Morgan fingerprint density at radius 3 is 2.65 bits per heavy atom. The smallest absolute Gasteiger partial charge is 0.163 e. The fraction of sp³-hybridized carbons (Fsp3) is 0.875. The number of aliphatic hydroxyl groups is 1. The molecule has 0 saturated carbocycles. The van der Waals surface area contributed by atoms with Gasteiger partial charge in [-0.3, -0.25) is 0 Å². The van der Waals surface area contributed by atoms with E-state index in [4.69, 9.17) is 23.7 Å². The predicted molar refractivity (Wildman–Crippen MR) is 114 cm³/mol. The minimum absolute atomic E-state index is 0.0400. The summed E-state index contributed by atoms with van der Waals surface area (Å²) in [5.41, 5.74) is 1.04. The summed E-state index contributed by atoms with van der Waals surface area (Å²) in [6, 6.07) is 0. The molecule has 0 aliphatic carbocycles. The van der Waals surface area contributed by atoms with Crippen LogP contribution in [0.4, 0.5) is 0 Å². The van der Waals surface area contributed by atoms with Gasteiger partial charge in [0, 0.05) is 25.2 Å². The molecule has 7 heteroatoms. The molecule has 1 N–H and O–H groups in total. The first-order valence-electron chi connectivity index (χ1n) is 11.8. The van der Waals surface area contributed by atoms with E-state index >= 15 is 0 Å². The largest absolute Gasteiger partial charge is 0.390 e. The van der Waals surface area contributed by atoms with Gasteiger partial charge in [-0.2, -0.15) is 0 Å². The van der Waals surface area contributed by atoms with E-state index in [2.05, 4.69) is 13.5 Å². The zero-order chi connectivity index (χ0) is 22.3. The van der Waals surface area contributed by atoms with Crippen LogP contribution in [-0.4, -0.2) is 72.6 Å². The van der Waals surface area contributed by atoms with Gasteiger partial charge >= 0.3 is 0 Å². The number of carbonyl (C=O) groups excluding carboxylic acids is 1. The number of hydrogen-bond acceptors (Lipinski definition) is 7. The Kier molecular flexibility index (Phi) is 6.92. The summed E-state index contributed by atoms with van der Waals surface area (Å²) in [4.78, 5) is 10.8. The van der Waals surface area contributed by atoms with E-state index in [-0.39, 0.29) is 48.6 Å². The summed E-state index contributed by atoms with van der Waals surface area (Å²) in [7, 11) is 0. The highest BCUT2D eigenvalue weighted by atomic mass is 16.7. The van der Waals surface area contributed by atoms with Crippen molar-refractivity contribution in [2.24, 2.45) is 11.8 Å². The van der Waals surface area contributed by atoms with Crippen LogP contribution in [0.15, 0.2) is 12.2 Å². The second-order valence-corrected chi connectivity index (χ2v) is 10.2. The van der Waals surface area contributed by atoms with E-state index in [1.54, 1.807) is 0 Å². The summed E-state index contributed by atoms with van der Waals surface area (Å²) >= 11 is 0. The Hall–Kier alpha value is -0.830. The van der Waals surface area contributed by atoms with Gasteiger partial charge in [0.25, 0.3) is 0 Å². The number of fused-ring (bicyclic) bond motifs is 2. The average molecular weight is 439 g/mol. The van der Waals surface area contributed by atoms with E-state index in [1.165, 1.54) is 0 Å². The Balaban J connectivity index is 1.42. The molecule has 4 saturated heterocycles. The van der Waals surface area contributed by atoms with Gasteiger partial charge in [-0.15, -0.1) is 0 Å². The standard InChI is InChI=1S/C24H38O7/c1-13-9-16(7-6-8-25)28-17(14(13)2)10-19-22(26)15(3)23-20(29-19)11-18-21(30-23)12-27-24(4,5)31-18/h8,13,15-23,26H,2,6-7,9-12H2,1,3-5H3/t13-,15-,16+,17?,18-,19?,20+,21-,22?,23+/m1/s1. The van der Waals surface area contributed by atoms with Crippen molar-refractivity contribution in [2.45, 2.75) is 114 Å². The summed E-state index contributed by atoms with van der Waals surface area (Å²) in [6.07, 6.45) is 2.63. The molecule has 3 unspecified atom stereocenters. The zero-order valence-corrected chi connectivity index (χ0v) is 19.2. The summed E-state index contributed by atoms with van der Waals surface area (Å²) < 4.78 is 30.9. The SMILES string of the molecule is C=C1C(CC2O[C@H]3C[C@H]4OC(C)(C)OC[C@H]4O[C@H]3[C@H](C)C2O)O[C@@H](CCC=O)C[C@H]1C. The molecule has 10 atom stereocenters. The Labute approximate surface area is 185 Å². The van der Waals surface area contributed by atoms with Crippen LogP contribution in [0.5, 0.6) is 0 Å². The van der Waals surface area contributed by atoms with Gasteiger partial charge in [0.2, 0.25) is 0 Å². The molecule has 0 bridgehead atoms. The third-order valence-corrected chi connectivity index (χ3v) is 7.47. The molecule has 176 valence electrons. The Morgan fingerprint density at radius 1 is 1.13 bits per heavy atom. The Morgan fingerprint density at radius 2 is 1.90 bits per heavy atom. The summed E-state index contributed by atoms with van der Waals surface area (Å²) in [6.45, 7) is 12.8. The molecule has 7 nitrogen and oxygen atoms in total. The van der Waals surface area contributed by atoms with E-state index in [9.17, 15) is 9.90 Å². The highest BCUT2D eigenvalue weighted by molar-refractivity contribution is 5.49. The van der Waals surface area contributed by atoms with Gasteiger partial charge in [-0.1, -0.05) is 20.4 Å². The molecule has 0 amide bonds. The van der Waals surface area contributed by atoms with Gasteiger partial charge in [0.05, 0.1) is 49.3 Å². The van der Waals surface area contributed by atoms with Crippen molar-refractivity contribution in [3.05, 3.63) is 12.2 Å². The number of aliphatic hydroxyl groups excluding tert-OH is 1. The fourth-order valence-corrected chi connectivity index (χ4v) is 5.57. The van der Waals surface area contributed by atoms with Crippen molar-refractivity contribution in [1.82, 2.24) is 0 Å². The van der Waals surface area contributed by atoms with E-state index in [1.807, 2.05) is 20.8 Å². The lowest BCUT2D eigenvalue weighted by atomic mass is 9.79. The molecule has 4 aliphatic rings. The maximum atomic E-state index is 11.0. The lowest BCUT2D eigenvalue weighted by molar-refractivity contribution is -0.355. The van der Waals surface area contributed by atoms with Crippen LogP contribution in [0, 0.1) is 11.8 Å². The zero-order valence-electron chi connectivity index (χ0n) is 19.2. The summed E-state index contributed by atoms with van der Waals surface area (Å²) in [5, 5.41) is 11.0. The minimum atomic E-state index is -0.651. The average Bonchev–Trinajstić information content (AvgIpc) is 2.72. The second kappa shape index (κ2) is 9.20. The molecule has 4 rings (SSSR count). The normalized spacial score (nSPS) is 47.3. The molecule has 0 spiro atoms. The van der Waals surface area contributed by atoms with Crippen LogP contribution in [0.3, 0.4) is 0 Å². The van der Waals surface area contributed by atoms with Crippen LogP contribution in [0.2, 0.25) is 0 Å². The van der Waals surface area contributed by atoms with Gasteiger partial charge in [0.15, 0.2) is 5.79 Å². The van der Waals surface area contributed by atoms with Gasteiger partial charge in [-0.25, -0.2) is 0 Å². The number of hydrogen-bond donors (Lipinski definition) is 1. The third-order valence-electron chi connectivity index (χ3n) is 7.47. The van der Waals surface area contributed by atoms with Crippen molar-refractivity contribution in [3.63, 3.8) is 0 Å². The molecular formula is C24H38O7. The van der Waals surface area contributed by atoms with Gasteiger partial charge in [0.1, 0.15) is 12.4 Å². The minimum Gasteiger partial charge on any atom is -0.390 e. The van der Waals surface area contributed by atoms with Crippen molar-refractivity contribution >= 4 is 6.29 Å². The molecular weight excluding hydrogens is 400 g/mol. The second-order valence-electron chi connectivity index (χ2n) is 10.2. The number of aldehydes is 1. The van der Waals surface area contributed by atoms with Gasteiger partial charge < -0.3 is 33.6 Å². The highest BCUT2D eigenvalue weighted by Crippen LogP contribution is 2.42. The van der Waals surface area contributed by atoms with Gasteiger partial charge in [-0.05, 0) is 38.2 Å². The molecule has 0 aromatic rings. The topological polar surface area (TPSA) is 83.5 Å².